The Morgan fingerprint density at radius 2 is 1.95 bits per heavy atom. The van der Waals surface area contributed by atoms with Crippen LogP contribution >= 0.6 is 0 Å². The fraction of sp³-hybridized carbons (Fsp3) is 0.500. The first-order valence-electron chi connectivity index (χ1n) is 6.35. The largest absolute Gasteiger partial charge is 0.486 e. The molecule has 0 spiro atoms. The lowest BCUT2D eigenvalue weighted by Crippen LogP contribution is -2.22. The first-order chi connectivity index (χ1) is 9.06. The quantitative estimate of drug-likeness (QED) is 0.877. The normalized spacial score (nSPS) is 13.6. The van der Waals surface area contributed by atoms with Crippen molar-refractivity contribution in [2.45, 2.75) is 19.9 Å². The first-order valence-corrected chi connectivity index (χ1v) is 6.35. The average molecular weight is 265 g/mol. The maximum absolute atomic E-state index is 10.6. The van der Waals surface area contributed by atoms with E-state index >= 15 is 0 Å². The molecular formula is C14H19NO4. The minimum absolute atomic E-state index is 0.153. The molecular weight excluding hydrogens is 246 g/mol. The van der Waals surface area contributed by atoms with E-state index in [2.05, 4.69) is 0 Å². The van der Waals surface area contributed by atoms with Crippen LogP contribution in [0.15, 0.2) is 12.1 Å². The second-order valence-electron chi connectivity index (χ2n) is 4.80. The lowest BCUT2D eigenvalue weighted by Gasteiger charge is -2.22. The lowest BCUT2D eigenvalue weighted by molar-refractivity contribution is -0.137. The number of fused-ring (bicyclic) bond motifs is 1. The summed E-state index contributed by atoms with van der Waals surface area (Å²) in [4.78, 5) is 12.5. The molecule has 0 aliphatic carbocycles. The van der Waals surface area contributed by atoms with Gasteiger partial charge in [0.05, 0.1) is 6.42 Å². The predicted octanol–water partition coefficient (Wildman–Crippen LogP) is 1.67. The number of carboxylic acids is 1. The third-order valence-electron chi connectivity index (χ3n) is 3.15. The summed E-state index contributed by atoms with van der Waals surface area (Å²) in [5.41, 5.74) is 2.27. The van der Waals surface area contributed by atoms with Gasteiger partial charge in [-0.05, 0) is 37.2 Å². The van der Waals surface area contributed by atoms with E-state index < -0.39 is 5.97 Å². The zero-order valence-electron chi connectivity index (χ0n) is 11.3. The summed E-state index contributed by atoms with van der Waals surface area (Å²) in [5, 5.41) is 8.68. The van der Waals surface area contributed by atoms with Gasteiger partial charge in [0.1, 0.15) is 13.2 Å². The highest BCUT2D eigenvalue weighted by Gasteiger charge is 2.15. The van der Waals surface area contributed by atoms with Crippen LogP contribution in [0.2, 0.25) is 0 Å². The molecule has 19 heavy (non-hydrogen) atoms. The van der Waals surface area contributed by atoms with Crippen LogP contribution in [0.1, 0.15) is 17.5 Å². The molecule has 0 aromatic heterocycles. The van der Waals surface area contributed by atoms with E-state index in [-0.39, 0.29) is 6.42 Å². The minimum atomic E-state index is -0.772. The highest BCUT2D eigenvalue weighted by Crippen LogP contribution is 2.33. The van der Waals surface area contributed by atoms with Gasteiger partial charge in [-0.3, -0.25) is 4.79 Å². The second kappa shape index (κ2) is 5.93. The monoisotopic (exact) mass is 265 g/mol. The maximum Gasteiger partial charge on any atom is 0.304 e. The van der Waals surface area contributed by atoms with Crippen molar-refractivity contribution in [1.82, 2.24) is 4.90 Å². The van der Waals surface area contributed by atoms with Crippen LogP contribution in [0.5, 0.6) is 11.5 Å². The van der Waals surface area contributed by atoms with Crippen molar-refractivity contribution in [1.29, 1.82) is 0 Å². The summed E-state index contributed by atoms with van der Waals surface area (Å²) in [6.45, 7) is 4.42. The van der Waals surface area contributed by atoms with Crippen LogP contribution in [0.3, 0.4) is 0 Å². The number of benzene rings is 1. The molecule has 0 fully saturated rings. The van der Waals surface area contributed by atoms with Crippen LogP contribution in [0.4, 0.5) is 0 Å². The van der Waals surface area contributed by atoms with Gasteiger partial charge in [0.2, 0.25) is 0 Å². The van der Waals surface area contributed by atoms with Gasteiger partial charge < -0.3 is 19.5 Å². The zero-order chi connectivity index (χ0) is 13.8. The van der Waals surface area contributed by atoms with Gasteiger partial charge in [-0.2, -0.15) is 0 Å². The van der Waals surface area contributed by atoms with Gasteiger partial charge in [0.15, 0.2) is 11.5 Å². The maximum atomic E-state index is 10.6. The van der Waals surface area contributed by atoms with E-state index in [4.69, 9.17) is 14.6 Å². The van der Waals surface area contributed by atoms with Crippen LogP contribution in [-0.2, 0) is 11.3 Å². The van der Waals surface area contributed by atoms with E-state index in [0.29, 0.717) is 26.3 Å². The Labute approximate surface area is 112 Å². The number of carboxylic acid groups (broad SMARTS) is 1. The Morgan fingerprint density at radius 1 is 1.32 bits per heavy atom. The number of hydrogen-bond donors (Lipinski definition) is 1. The van der Waals surface area contributed by atoms with Crippen LogP contribution in [-0.4, -0.2) is 42.8 Å². The van der Waals surface area contributed by atoms with Crippen LogP contribution < -0.4 is 9.47 Å². The smallest absolute Gasteiger partial charge is 0.304 e. The zero-order valence-corrected chi connectivity index (χ0v) is 11.3. The van der Waals surface area contributed by atoms with Crippen molar-refractivity contribution in [3.05, 3.63) is 23.3 Å². The summed E-state index contributed by atoms with van der Waals surface area (Å²) in [6, 6.07) is 3.97. The summed E-state index contributed by atoms with van der Waals surface area (Å²) >= 11 is 0. The molecule has 0 amide bonds. The summed E-state index contributed by atoms with van der Waals surface area (Å²) in [7, 11) is 1.92. The molecule has 1 N–H and O–H groups in total. The third-order valence-corrected chi connectivity index (χ3v) is 3.15. The highest BCUT2D eigenvalue weighted by atomic mass is 16.6. The Hall–Kier alpha value is -1.75. The molecule has 1 aliphatic rings. The molecule has 1 aromatic rings. The SMILES string of the molecule is Cc1cc2c(cc1CN(C)CCC(=O)O)OCCO2. The van der Waals surface area contributed by atoms with E-state index in [1.54, 1.807) is 0 Å². The first kappa shape index (κ1) is 13.7. The Kier molecular flexibility index (Phi) is 4.27. The van der Waals surface area contributed by atoms with Crippen molar-refractivity contribution >= 4 is 5.97 Å². The molecule has 5 nitrogen and oxygen atoms in total. The number of nitrogens with zero attached hydrogens (tertiary/aromatic N) is 1. The van der Waals surface area contributed by atoms with Gasteiger partial charge in [0.25, 0.3) is 0 Å². The number of aliphatic carboxylic acids is 1. The van der Waals surface area contributed by atoms with Gasteiger partial charge >= 0.3 is 5.97 Å². The topological polar surface area (TPSA) is 59.0 Å². The molecule has 0 atom stereocenters. The van der Waals surface area contributed by atoms with Gasteiger partial charge in [0, 0.05) is 13.1 Å². The van der Waals surface area contributed by atoms with Crippen molar-refractivity contribution in [2.24, 2.45) is 0 Å². The van der Waals surface area contributed by atoms with Crippen molar-refractivity contribution in [2.75, 3.05) is 26.8 Å². The molecule has 1 heterocycles. The molecule has 5 heteroatoms. The molecule has 1 aromatic carbocycles. The molecule has 0 bridgehead atoms. The summed E-state index contributed by atoms with van der Waals surface area (Å²) in [6.07, 6.45) is 0.153. The standard InChI is InChI=1S/C14H19NO4/c1-10-7-12-13(19-6-5-18-12)8-11(10)9-15(2)4-3-14(16)17/h7-8H,3-6,9H2,1-2H3,(H,16,17). The molecule has 0 unspecified atom stereocenters. The third kappa shape index (κ3) is 3.61. The Morgan fingerprint density at radius 3 is 2.58 bits per heavy atom. The number of aryl methyl sites for hydroxylation is 1. The van der Waals surface area contributed by atoms with E-state index in [1.807, 2.05) is 31.0 Å². The van der Waals surface area contributed by atoms with E-state index in [1.165, 1.54) is 0 Å². The summed E-state index contributed by atoms with van der Waals surface area (Å²) in [5.74, 6) is 0.796. The molecule has 104 valence electrons. The molecule has 0 radical (unpaired) electrons. The predicted molar refractivity (Wildman–Crippen MR) is 70.8 cm³/mol. The summed E-state index contributed by atoms with van der Waals surface area (Å²) < 4.78 is 11.1. The fourth-order valence-corrected chi connectivity index (χ4v) is 2.06. The molecule has 2 rings (SSSR count). The number of rotatable bonds is 5. The number of hydrogen-bond acceptors (Lipinski definition) is 4. The number of ether oxygens (including phenoxy) is 2. The Bertz CT molecular complexity index is 473. The molecule has 0 saturated carbocycles. The fourth-order valence-electron chi connectivity index (χ4n) is 2.06. The Balaban J connectivity index is 2.05. The van der Waals surface area contributed by atoms with Gasteiger partial charge in [-0.25, -0.2) is 0 Å². The second-order valence-corrected chi connectivity index (χ2v) is 4.80. The van der Waals surface area contributed by atoms with Crippen molar-refractivity contribution in [3.8, 4) is 11.5 Å². The van der Waals surface area contributed by atoms with E-state index in [9.17, 15) is 4.79 Å². The lowest BCUT2D eigenvalue weighted by atomic mass is 10.1. The van der Waals surface area contributed by atoms with Crippen LogP contribution in [0.25, 0.3) is 0 Å². The van der Waals surface area contributed by atoms with Crippen molar-refractivity contribution in [3.63, 3.8) is 0 Å². The van der Waals surface area contributed by atoms with Gasteiger partial charge in [-0.1, -0.05) is 0 Å². The van der Waals surface area contributed by atoms with E-state index in [0.717, 1.165) is 22.6 Å². The average Bonchev–Trinajstić information content (AvgIpc) is 2.37. The van der Waals surface area contributed by atoms with Crippen molar-refractivity contribution < 1.29 is 19.4 Å². The highest BCUT2D eigenvalue weighted by molar-refractivity contribution is 5.66. The van der Waals surface area contributed by atoms with Crippen LogP contribution in [0, 0.1) is 6.92 Å². The molecule has 1 aliphatic heterocycles. The minimum Gasteiger partial charge on any atom is -0.486 e. The molecule has 0 saturated heterocycles. The number of carbonyl (C=O) groups is 1. The van der Waals surface area contributed by atoms with Gasteiger partial charge in [-0.15, -0.1) is 0 Å².